The lowest BCUT2D eigenvalue weighted by Crippen LogP contribution is -2.16. The molecule has 5 heterocycles. The van der Waals surface area contributed by atoms with Crippen molar-refractivity contribution >= 4 is 101 Å². The number of rotatable bonds is 8. The minimum Gasteiger partial charge on any atom is -0.378 e. The number of anilines is 2. The maximum atomic E-state index is 6.06. The van der Waals surface area contributed by atoms with E-state index in [9.17, 15) is 0 Å². The zero-order valence-electron chi connectivity index (χ0n) is 59.7. The number of aromatic nitrogens is 4. The molecule has 2 N–H and O–H groups in total. The minimum atomic E-state index is -0.154. The molecule has 0 saturated carbocycles. The van der Waals surface area contributed by atoms with Crippen molar-refractivity contribution in [2.45, 2.75) is 105 Å². The fourth-order valence-corrected chi connectivity index (χ4v) is 14.9. The standard InChI is InChI=1S/C92H88N6/c1-89(2,3)59-49-57(50-60(53-59)90(4,5)6)83-73-41-45-77(93-73)87(85-69-29-21-17-25-65(69)81(66-26-18-22-30-70(66)85)55-33-37-63(38-34-55)97(13)14)79-47-43-75(95-79)84(58-51-61(91(7,8)9)54-62(52-58)92(10,11)12)76-44-48-80(96-76)88(78-46-42-74(83)94-78)86-71-31-23-19-27-67(71)82(68-28-20-24-32-72(68)86)56-35-39-64(40-36-56)98(15)16/h17-54,93,96H,1-16H3. The molecular weight excluding hydrogens is 1190 g/mol. The van der Waals surface area contributed by atoms with Crippen molar-refractivity contribution in [1.29, 1.82) is 0 Å². The number of fused-ring (bicyclic) bond motifs is 12. The molecule has 0 unspecified atom stereocenters. The second-order valence-corrected chi connectivity index (χ2v) is 31.7. The van der Waals surface area contributed by atoms with E-state index in [1.54, 1.807) is 0 Å². The van der Waals surface area contributed by atoms with Crippen LogP contribution in [0.2, 0.25) is 0 Å². The van der Waals surface area contributed by atoms with Gasteiger partial charge >= 0.3 is 0 Å². The van der Waals surface area contributed by atoms with Gasteiger partial charge in [0.15, 0.2) is 0 Å². The summed E-state index contributed by atoms with van der Waals surface area (Å²) in [5, 5.41) is 9.27. The van der Waals surface area contributed by atoms with Crippen molar-refractivity contribution in [3.63, 3.8) is 0 Å². The second-order valence-electron chi connectivity index (χ2n) is 31.7. The fraction of sp³-hybridized carbons (Fsp3) is 0.217. The van der Waals surface area contributed by atoms with Gasteiger partial charge in [-0.1, -0.05) is 241 Å². The van der Waals surface area contributed by atoms with E-state index in [1.165, 1.54) is 66.1 Å². The Morgan fingerprint density at radius 1 is 0.245 bits per heavy atom. The molecule has 10 aromatic carbocycles. The van der Waals surface area contributed by atoms with Crippen LogP contribution in [0, 0.1) is 0 Å². The summed E-state index contributed by atoms with van der Waals surface area (Å²) in [6.07, 6.45) is 9.07. The summed E-state index contributed by atoms with van der Waals surface area (Å²) in [5.74, 6) is 0. The topological polar surface area (TPSA) is 63.8 Å². The minimum absolute atomic E-state index is 0.154. The molecule has 0 saturated heterocycles. The van der Waals surface area contributed by atoms with E-state index in [2.05, 4.69) is 362 Å². The van der Waals surface area contributed by atoms with E-state index in [1.807, 2.05) is 0 Å². The van der Waals surface area contributed by atoms with Gasteiger partial charge in [0.2, 0.25) is 0 Å². The zero-order chi connectivity index (χ0) is 68.5. The van der Waals surface area contributed by atoms with Gasteiger partial charge in [-0.3, -0.25) is 0 Å². The molecule has 6 nitrogen and oxygen atoms in total. The molecule has 0 amide bonds. The molecular formula is C92H88N6. The molecule has 486 valence electrons. The molecule has 8 bridgehead atoms. The van der Waals surface area contributed by atoms with Crippen LogP contribution in [0.5, 0.6) is 0 Å². The summed E-state index contributed by atoms with van der Waals surface area (Å²) < 4.78 is 0. The van der Waals surface area contributed by atoms with Crippen LogP contribution in [-0.4, -0.2) is 48.1 Å². The number of nitrogens with zero attached hydrogens (tertiary/aromatic N) is 4. The largest absolute Gasteiger partial charge is 0.378 e. The first-order chi connectivity index (χ1) is 46.8. The smallest absolute Gasteiger partial charge is 0.0737 e. The van der Waals surface area contributed by atoms with Gasteiger partial charge in [-0.15, -0.1) is 0 Å². The summed E-state index contributed by atoms with van der Waals surface area (Å²) in [4.78, 5) is 24.9. The summed E-state index contributed by atoms with van der Waals surface area (Å²) in [7, 11) is 8.40. The Kier molecular flexibility index (Phi) is 15.3. The van der Waals surface area contributed by atoms with Crippen LogP contribution in [0.4, 0.5) is 11.4 Å². The van der Waals surface area contributed by atoms with Crippen LogP contribution in [0.1, 0.15) is 128 Å². The van der Waals surface area contributed by atoms with Gasteiger partial charge in [0.1, 0.15) is 0 Å². The van der Waals surface area contributed by atoms with Crippen molar-refractivity contribution in [1.82, 2.24) is 19.9 Å². The molecule has 0 atom stereocenters. The maximum absolute atomic E-state index is 6.06. The van der Waals surface area contributed by atoms with E-state index in [-0.39, 0.29) is 21.7 Å². The Morgan fingerprint density at radius 2 is 0.480 bits per heavy atom. The van der Waals surface area contributed by atoms with Gasteiger partial charge in [0.25, 0.3) is 0 Å². The molecule has 2 aliphatic rings. The van der Waals surface area contributed by atoms with Gasteiger partial charge in [-0.05, 0) is 193 Å². The summed E-state index contributed by atoms with van der Waals surface area (Å²) in [6.45, 7) is 27.9. The SMILES string of the molecule is CN(C)c1ccc(-c2c3ccccc3c(-c3c4nc(c(-c5cc(C(C)(C)C)cc(C(C)(C)C)c5)c5ccc([nH]5)c(-c5c6ccccc6c(-c6ccc(N(C)C)cc6)c6ccccc56)c5nc(c(-c6cc(C(C)(C)C)cc(C(C)(C)C)c6)c6ccc3[nH]6)C=C5)C=C4)c3ccccc23)cc1. The first kappa shape index (κ1) is 63.5. The average molecular weight is 1280 g/mol. The third-order valence-corrected chi connectivity index (χ3v) is 20.4. The van der Waals surface area contributed by atoms with Crippen molar-refractivity contribution in [3.05, 3.63) is 251 Å². The van der Waals surface area contributed by atoms with Gasteiger partial charge in [0, 0.05) is 95.0 Å². The van der Waals surface area contributed by atoms with E-state index < -0.39 is 0 Å². The number of nitrogens with one attached hydrogen (secondary N) is 2. The van der Waals surface area contributed by atoms with Crippen molar-refractivity contribution < 1.29 is 0 Å². The fourth-order valence-electron chi connectivity index (χ4n) is 14.9. The molecule has 0 aliphatic carbocycles. The Bertz CT molecular complexity index is 5110. The first-order valence-corrected chi connectivity index (χ1v) is 34.7. The van der Waals surface area contributed by atoms with Crippen LogP contribution in [0.25, 0.3) is 156 Å². The van der Waals surface area contributed by atoms with Crippen molar-refractivity contribution in [3.8, 4) is 66.8 Å². The monoisotopic (exact) mass is 1280 g/mol. The number of aromatic amines is 2. The van der Waals surface area contributed by atoms with Crippen LogP contribution < -0.4 is 9.80 Å². The van der Waals surface area contributed by atoms with Crippen LogP contribution in [0.15, 0.2) is 206 Å². The maximum Gasteiger partial charge on any atom is 0.0737 e. The molecule has 98 heavy (non-hydrogen) atoms. The van der Waals surface area contributed by atoms with Gasteiger partial charge in [-0.2, -0.15) is 0 Å². The number of hydrogen-bond donors (Lipinski definition) is 2. The number of benzene rings is 10. The van der Waals surface area contributed by atoms with Crippen LogP contribution in [-0.2, 0) is 21.7 Å². The van der Waals surface area contributed by atoms with Crippen molar-refractivity contribution in [2.75, 3.05) is 38.0 Å². The van der Waals surface area contributed by atoms with Crippen molar-refractivity contribution in [2.24, 2.45) is 0 Å². The Labute approximate surface area is 578 Å². The Balaban J connectivity index is 1.15. The molecule has 0 spiro atoms. The van der Waals surface area contributed by atoms with E-state index in [4.69, 9.17) is 9.97 Å². The highest BCUT2D eigenvalue weighted by Gasteiger charge is 2.29. The van der Waals surface area contributed by atoms with Crippen LogP contribution >= 0.6 is 0 Å². The molecule has 3 aromatic heterocycles. The third-order valence-electron chi connectivity index (χ3n) is 20.4. The Morgan fingerprint density at radius 3 is 0.724 bits per heavy atom. The van der Waals surface area contributed by atoms with E-state index in [0.29, 0.717) is 0 Å². The predicted molar refractivity (Wildman–Crippen MR) is 425 cm³/mol. The zero-order valence-corrected chi connectivity index (χ0v) is 59.7. The average Bonchev–Trinajstić information content (AvgIpc) is 0.812. The quantitative estimate of drug-likeness (QED) is 0.149. The molecule has 13 aromatic rings. The molecule has 2 aliphatic heterocycles. The summed E-state index contributed by atoms with van der Waals surface area (Å²) >= 11 is 0. The van der Waals surface area contributed by atoms with E-state index >= 15 is 0 Å². The summed E-state index contributed by atoms with van der Waals surface area (Å²) in [6, 6.07) is 77.7. The Hall–Kier alpha value is -10.6. The number of hydrogen-bond acceptors (Lipinski definition) is 4. The van der Waals surface area contributed by atoms with Gasteiger partial charge in [-0.25, -0.2) is 9.97 Å². The highest BCUT2D eigenvalue weighted by atomic mass is 15.1. The summed E-state index contributed by atoms with van der Waals surface area (Å²) in [5.41, 5.74) is 27.4. The predicted octanol–water partition coefficient (Wildman–Crippen LogP) is 24.6. The first-order valence-electron chi connectivity index (χ1n) is 34.7. The highest BCUT2D eigenvalue weighted by molar-refractivity contribution is 6.25. The van der Waals surface area contributed by atoms with Gasteiger partial charge < -0.3 is 19.8 Å². The van der Waals surface area contributed by atoms with E-state index in [0.717, 1.165) is 122 Å². The molecule has 15 rings (SSSR count). The lowest BCUT2D eigenvalue weighted by Gasteiger charge is -2.26. The highest BCUT2D eigenvalue weighted by Crippen LogP contribution is 2.50. The third kappa shape index (κ3) is 11.2. The second kappa shape index (κ2) is 23.6. The number of H-pyrrole nitrogens is 2. The molecule has 0 fully saturated rings. The lowest BCUT2D eigenvalue weighted by atomic mass is 9.78. The molecule has 6 heteroatoms. The normalized spacial score (nSPS) is 12.8. The van der Waals surface area contributed by atoms with Gasteiger partial charge in [0.05, 0.1) is 22.8 Å². The molecule has 0 radical (unpaired) electrons. The van der Waals surface area contributed by atoms with Crippen LogP contribution in [0.3, 0.4) is 0 Å². The lowest BCUT2D eigenvalue weighted by molar-refractivity contribution is 0.568.